The van der Waals surface area contributed by atoms with Crippen molar-refractivity contribution in [1.82, 2.24) is 10.2 Å². The third kappa shape index (κ3) is 12.6. The van der Waals surface area contributed by atoms with E-state index in [1.807, 2.05) is 32.0 Å². The average molecular weight is 652 g/mol. The van der Waals surface area contributed by atoms with Crippen LogP contribution in [-0.2, 0) is 20.7 Å². The minimum absolute atomic E-state index is 0.0127. The molecule has 0 aromatic heterocycles. The first-order valence-corrected chi connectivity index (χ1v) is 16.3. The molecule has 0 aliphatic heterocycles. The lowest BCUT2D eigenvalue weighted by molar-refractivity contribution is -0.130. The molecule has 0 unspecified atom stereocenters. The van der Waals surface area contributed by atoms with Crippen LogP contribution in [0.3, 0.4) is 0 Å². The number of nitrogens with one attached hydrogen (secondary N) is 1. The molecule has 3 amide bonds. The molecule has 0 radical (unpaired) electrons. The summed E-state index contributed by atoms with van der Waals surface area (Å²) in [5, 5.41) is 25.1. The first kappa shape index (κ1) is 41.0. The van der Waals surface area contributed by atoms with Gasteiger partial charge in [0, 0.05) is 38.1 Å². The van der Waals surface area contributed by atoms with Crippen LogP contribution < -0.4 is 20.5 Å². The minimum Gasteiger partial charge on any atom is -0.493 e. The van der Waals surface area contributed by atoms with Crippen LogP contribution >= 0.6 is 0 Å². The fourth-order valence-corrected chi connectivity index (χ4v) is 5.54. The molecule has 11 heteroatoms. The number of primary amides is 1. The number of ether oxygens (including phenoxy) is 3. The molecule has 0 saturated heterocycles. The van der Waals surface area contributed by atoms with Gasteiger partial charge >= 0.3 is 6.09 Å². The van der Waals surface area contributed by atoms with Crippen LogP contribution in [0, 0.1) is 29.1 Å². The van der Waals surface area contributed by atoms with Gasteiger partial charge in [0.05, 0.1) is 31.3 Å². The topological polar surface area (TPSA) is 161 Å². The maximum atomic E-state index is 13.3. The van der Waals surface area contributed by atoms with Crippen LogP contribution in [0.1, 0.15) is 87.1 Å². The summed E-state index contributed by atoms with van der Waals surface area (Å²) >= 11 is 0. The van der Waals surface area contributed by atoms with E-state index in [1.165, 1.54) is 4.90 Å². The lowest BCUT2D eigenvalue weighted by Crippen LogP contribution is -2.57. The number of carbonyl (C=O) groups excluding carboxylic acids is 2. The third-order valence-corrected chi connectivity index (χ3v) is 8.68. The summed E-state index contributed by atoms with van der Waals surface area (Å²) in [6.07, 6.45) is -0.489. The summed E-state index contributed by atoms with van der Waals surface area (Å²) in [5.74, 6) is -0.218. The fourth-order valence-electron chi connectivity index (χ4n) is 5.54. The first-order valence-electron chi connectivity index (χ1n) is 16.3. The number of aliphatic hydroxyl groups is 1. The number of aliphatic hydroxyl groups excluding tert-OH is 1. The van der Waals surface area contributed by atoms with Crippen molar-refractivity contribution in [3.05, 3.63) is 23.8 Å². The van der Waals surface area contributed by atoms with Gasteiger partial charge in [-0.3, -0.25) is 14.5 Å². The van der Waals surface area contributed by atoms with Gasteiger partial charge in [-0.1, -0.05) is 33.8 Å². The standard InChI is InChI=1S/C35H61N3O8/c1-22(2)25(17-24-13-14-29(45-11)30(18-24)46-16-12-15-44-10)19-27(38(33(42)43)34(5,6)7)28(39)20-26(23(3)4)31(40)37-21-35(8,9)32(36)41/h13-14,18,22-23,25-28,39H,12,15-17,19-21H2,1-11H3,(H2,36,41)(H,37,40)(H,42,43)/t25-,26-,27-,28-/m0/s1. The fraction of sp³-hybridized carbons (Fsp3) is 0.743. The van der Waals surface area contributed by atoms with Gasteiger partial charge in [-0.25, -0.2) is 4.79 Å². The van der Waals surface area contributed by atoms with Crippen LogP contribution in [0.5, 0.6) is 11.5 Å². The Morgan fingerprint density at radius 1 is 0.957 bits per heavy atom. The van der Waals surface area contributed by atoms with Crippen molar-refractivity contribution in [2.24, 2.45) is 34.8 Å². The molecule has 0 bridgehead atoms. The Morgan fingerprint density at radius 2 is 1.59 bits per heavy atom. The number of nitrogens with two attached hydrogens (primary N) is 1. The van der Waals surface area contributed by atoms with E-state index in [-0.39, 0.29) is 36.6 Å². The zero-order valence-corrected chi connectivity index (χ0v) is 30.0. The number of amides is 3. The normalized spacial score (nSPS) is 14.8. The number of carboxylic acid groups (broad SMARTS) is 1. The second-order valence-electron chi connectivity index (χ2n) is 14.6. The maximum Gasteiger partial charge on any atom is 0.408 e. The van der Waals surface area contributed by atoms with Crippen molar-refractivity contribution in [2.45, 2.75) is 106 Å². The maximum absolute atomic E-state index is 13.3. The number of benzene rings is 1. The third-order valence-electron chi connectivity index (χ3n) is 8.68. The first-order chi connectivity index (χ1) is 21.3. The van der Waals surface area contributed by atoms with E-state index in [9.17, 15) is 24.6 Å². The number of rotatable bonds is 20. The van der Waals surface area contributed by atoms with E-state index >= 15 is 0 Å². The van der Waals surface area contributed by atoms with E-state index < -0.39 is 41.0 Å². The summed E-state index contributed by atoms with van der Waals surface area (Å²) in [4.78, 5) is 39.2. The molecule has 1 rings (SSSR count). The highest BCUT2D eigenvalue weighted by atomic mass is 16.5. The quantitative estimate of drug-likeness (QED) is 0.142. The molecule has 0 saturated carbocycles. The number of methoxy groups -OCH3 is 2. The molecule has 4 atom stereocenters. The van der Waals surface area contributed by atoms with Gasteiger partial charge in [0.2, 0.25) is 11.8 Å². The molecule has 0 heterocycles. The molecular weight excluding hydrogens is 590 g/mol. The molecule has 11 nitrogen and oxygen atoms in total. The van der Waals surface area contributed by atoms with Gasteiger partial charge in [-0.2, -0.15) is 0 Å². The van der Waals surface area contributed by atoms with Gasteiger partial charge in [0.25, 0.3) is 0 Å². The number of hydrogen-bond donors (Lipinski definition) is 4. The summed E-state index contributed by atoms with van der Waals surface area (Å²) in [6, 6.07) is 5.02. The summed E-state index contributed by atoms with van der Waals surface area (Å²) in [6.45, 7) is 17.8. The highest BCUT2D eigenvalue weighted by Gasteiger charge is 2.41. The zero-order chi connectivity index (χ0) is 35.4. The molecule has 5 N–H and O–H groups in total. The van der Waals surface area contributed by atoms with Crippen LogP contribution in [-0.4, -0.2) is 84.7 Å². The lowest BCUT2D eigenvalue weighted by atomic mass is 9.79. The second-order valence-corrected chi connectivity index (χ2v) is 14.6. The molecule has 0 fully saturated rings. The Labute approximate surface area is 276 Å². The van der Waals surface area contributed by atoms with Gasteiger partial charge < -0.3 is 35.5 Å². The van der Waals surface area contributed by atoms with Crippen molar-refractivity contribution in [1.29, 1.82) is 0 Å². The van der Waals surface area contributed by atoms with E-state index in [2.05, 4.69) is 19.2 Å². The SMILES string of the molecule is COCCCOc1cc(C[C@@H](C[C@@H]([C@@H](O)C[C@H](C(=O)NCC(C)(C)C(N)=O)C(C)C)N(C(=O)O)C(C)(C)C)C(C)C)ccc1OC. The van der Waals surface area contributed by atoms with Crippen molar-refractivity contribution in [3.8, 4) is 11.5 Å². The predicted molar refractivity (Wildman–Crippen MR) is 180 cm³/mol. The van der Waals surface area contributed by atoms with Crippen LogP contribution in [0.2, 0.25) is 0 Å². The Kier molecular flexibility index (Phi) is 16.3. The summed E-state index contributed by atoms with van der Waals surface area (Å²) in [7, 11) is 3.24. The van der Waals surface area contributed by atoms with Gasteiger partial charge in [-0.05, 0) is 89.3 Å². The van der Waals surface area contributed by atoms with Crippen LogP contribution in [0.15, 0.2) is 18.2 Å². The molecule has 0 spiro atoms. The molecule has 0 aliphatic carbocycles. The van der Waals surface area contributed by atoms with Crippen molar-refractivity contribution in [3.63, 3.8) is 0 Å². The molecule has 1 aromatic rings. The monoisotopic (exact) mass is 651 g/mol. The van der Waals surface area contributed by atoms with Crippen LogP contribution in [0.4, 0.5) is 4.79 Å². The predicted octanol–water partition coefficient (Wildman–Crippen LogP) is 5.11. The largest absolute Gasteiger partial charge is 0.493 e. The van der Waals surface area contributed by atoms with E-state index in [1.54, 1.807) is 48.8 Å². The highest BCUT2D eigenvalue weighted by molar-refractivity contribution is 5.83. The van der Waals surface area contributed by atoms with Crippen LogP contribution in [0.25, 0.3) is 0 Å². The zero-order valence-electron chi connectivity index (χ0n) is 30.0. The molecule has 264 valence electrons. The molecule has 1 aromatic carbocycles. The van der Waals surface area contributed by atoms with E-state index in [0.717, 1.165) is 12.0 Å². The van der Waals surface area contributed by atoms with Crippen molar-refractivity contribution < 1.29 is 38.8 Å². The molecule has 46 heavy (non-hydrogen) atoms. The van der Waals surface area contributed by atoms with Crippen molar-refractivity contribution >= 4 is 17.9 Å². The Bertz CT molecular complexity index is 1120. The smallest absolute Gasteiger partial charge is 0.408 e. The summed E-state index contributed by atoms with van der Waals surface area (Å²) < 4.78 is 16.6. The van der Waals surface area contributed by atoms with Gasteiger partial charge in [-0.15, -0.1) is 0 Å². The average Bonchev–Trinajstić information content (AvgIpc) is 2.94. The van der Waals surface area contributed by atoms with E-state index in [0.29, 0.717) is 37.6 Å². The highest BCUT2D eigenvalue weighted by Crippen LogP contribution is 2.34. The minimum atomic E-state index is -1.14. The Balaban J connectivity index is 3.40. The number of carbonyl (C=O) groups is 3. The lowest BCUT2D eigenvalue weighted by Gasteiger charge is -2.44. The Hall–Kier alpha value is -3.05. The number of nitrogens with zero attached hydrogens (tertiary/aromatic N) is 1. The van der Waals surface area contributed by atoms with Gasteiger partial charge in [0.1, 0.15) is 0 Å². The van der Waals surface area contributed by atoms with Gasteiger partial charge in [0.15, 0.2) is 11.5 Å². The number of hydrogen-bond acceptors (Lipinski definition) is 7. The van der Waals surface area contributed by atoms with Crippen molar-refractivity contribution in [2.75, 3.05) is 34.0 Å². The second kappa shape index (κ2) is 18.3. The molecular formula is C35H61N3O8. The summed E-state index contributed by atoms with van der Waals surface area (Å²) in [5.41, 5.74) is 4.74. The van der Waals surface area contributed by atoms with E-state index in [4.69, 9.17) is 19.9 Å². The molecule has 0 aliphatic rings. The Morgan fingerprint density at radius 3 is 2.07 bits per heavy atom.